The van der Waals surface area contributed by atoms with Crippen molar-refractivity contribution < 1.29 is 4.74 Å². The highest BCUT2D eigenvalue weighted by atomic mass is 16.5. The van der Waals surface area contributed by atoms with Gasteiger partial charge in [-0.2, -0.15) is 0 Å². The van der Waals surface area contributed by atoms with Gasteiger partial charge < -0.3 is 4.74 Å². The first kappa shape index (κ1) is 15.3. The lowest BCUT2D eigenvalue weighted by Gasteiger charge is -2.08. The monoisotopic (exact) mass is 281 g/mol. The van der Waals surface area contributed by atoms with Gasteiger partial charge in [0.25, 0.3) is 0 Å². The van der Waals surface area contributed by atoms with Gasteiger partial charge in [0.15, 0.2) is 0 Å². The van der Waals surface area contributed by atoms with Crippen LogP contribution in [-0.4, -0.2) is 11.6 Å². The minimum atomic E-state index is 0.717. The molecule has 2 aromatic rings. The van der Waals surface area contributed by atoms with Crippen LogP contribution in [0, 0.1) is 20.8 Å². The molecule has 0 aliphatic rings. The number of aromatic nitrogens is 1. The van der Waals surface area contributed by atoms with Gasteiger partial charge in [0, 0.05) is 5.69 Å². The maximum absolute atomic E-state index is 5.76. The molecule has 0 spiro atoms. The van der Waals surface area contributed by atoms with Crippen molar-refractivity contribution in [2.24, 2.45) is 0 Å². The molecule has 0 N–H and O–H groups in total. The van der Waals surface area contributed by atoms with E-state index in [1.807, 2.05) is 25.1 Å². The third-order valence-electron chi connectivity index (χ3n) is 3.16. The Bertz CT molecular complexity index is 624. The Hall–Kier alpha value is -2.09. The van der Waals surface area contributed by atoms with E-state index < -0.39 is 0 Å². The summed E-state index contributed by atoms with van der Waals surface area (Å²) in [7, 11) is 0. The molecule has 2 rings (SSSR count). The first-order valence-corrected chi connectivity index (χ1v) is 7.45. The molecule has 0 fully saturated rings. The van der Waals surface area contributed by atoms with E-state index in [-0.39, 0.29) is 0 Å². The molecule has 0 bridgehead atoms. The standard InChI is InChI=1S/C19H23NO/c1-5-10-21-19-9-6-16(4)20-18(19)8-7-17-12-14(2)11-15(3)13-17/h6-9,11-13H,5,10H2,1-4H3. The van der Waals surface area contributed by atoms with E-state index in [0.29, 0.717) is 0 Å². The average Bonchev–Trinajstić information content (AvgIpc) is 2.43. The van der Waals surface area contributed by atoms with Crippen LogP contribution in [0.1, 0.15) is 41.4 Å². The third-order valence-corrected chi connectivity index (χ3v) is 3.16. The molecule has 0 aliphatic carbocycles. The third kappa shape index (κ3) is 4.45. The largest absolute Gasteiger partial charge is 0.491 e. The zero-order valence-corrected chi connectivity index (χ0v) is 13.3. The van der Waals surface area contributed by atoms with E-state index in [1.165, 1.54) is 16.7 Å². The number of hydrogen-bond donors (Lipinski definition) is 0. The van der Waals surface area contributed by atoms with Gasteiger partial charge in [0.1, 0.15) is 11.4 Å². The summed E-state index contributed by atoms with van der Waals surface area (Å²) in [6.07, 6.45) is 5.13. The lowest BCUT2D eigenvalue weighted by molar-refractivity contribution is 0.315. The van der Waals surface area contributed by atoms with Crippen LogP contribution in [0.15, 0.2) is 30.3 Å². The fraction of sp³-hybridized carbons (Fsp3) is 0.316. The van der Waals surface area contributed by atoms with Crippen LogP contribution in [0.5, 0.6) is 5.75 Å². The van der Waals surface area contributed by atoms with E-state index in [0.717, 1.165) is 30.2 Å². The zero-order valence-electron chi connectivity index (χ0n) is 13.3. The quantitative estimate of drug-likeness (QED) is 0.772. The Labute approximate surface area is 127 Å². The highest BCUT2D eigenvalue weighted by molar-refractivity contribution is 5.71. The minimum Gasteiger partial charge on any atom is -0.491 e. The van der Waals surface area contributed by atoms with Gasteiger partial charge in [-0.05, 0) is 51.0 Å². The molecule has 21 heavy (non-hydrogen) atoms. The summed E-state index contributed by atoms with van der Waals surface area (Å²) in [5, 5.41) is 0. The second-order valence-corrected chi connectivity index (χ2v) is 5.44. The van der Waals surface area contributed by atoms with Gasteiger partial charge in [-0.3, -0.25) is 0 Å². The Balaban J connectivity index is 2.28. The first-order valence-electron chi connectivity index (χ1n) is 7.45. The van der Waals surface area contributed by atoms with Crippen molar-refractivity contribution in [3.05, 3.63) is 58.4 Å². The van der Waals surface area contributed by atoms with Gasteiger partial charge in [-0.1, -0.05) is 42.3 Å². The Morgan fingerprint density at radius 1 is 1.00 bits per heavy atom. The van der Waals surface area contributed by atoms with Gasteiger partial charge in [-0.15, -0.1) is 0 Å². The lowest BCUT2D eigenvalue weighted by Crippen LogP contribution is -1.99. The average molecular weight is 281 g/mol. The highest BCUT2D eigenvalue weighted by Crippen LogP contribution is 2.20. The summed E-state index contributed by atoms with van der Waals surface area (Å²) >= 11 is 0. The van der Waals surface area contributed by atoms with Gasteiger partial charge in [0.2, 0.25) is 0 Å². The Kier molecular flexibility index (Phi) is 5.15. The van der Waals surface area contributed by atoms with Crippen LogP contribution in [0.3, 0.4) is 0 Å². The summed E-state index contributed by atoms with van der Waals surface area (Å²) in [5.41, 5.74) is 5.63. The summed E-state index contributed by atoms with van der Waals surface area (Å²) in [5.74, 6) is 0.850. The summed E-state index contributed by atoms with van der Waals surface area (Å²) in [6.45, 7) is 9.05. The van der Waals surface area contributed by atoms with Crippen molar-refractivity contribution >= 4 is 12.2 Å². The van der Waals surface area contributed by atoms with E-state index in [4.69, 9.17) is 4.74 Å². The molecular weight excluding hydrogens is 258 g/mol. The fourth-order valence-electron chi connectivity index (χ4n) is 2.30. The van der Waals surface area contributed by atoms with Crippen molar-refractivity contribution in [3.8, 4) is 5.75 Å². The predicted octanol–water partition coefficient (Wildman–Crippen LogP) is 4.97. The second kappa shape index (κ2) is 7.07. The smallest absolute Gasteiger partial charge is 0.144 e. The molecule has 0 saturated carbocycles. The van der Waals surface area contributed by atoms with E-state index in [1.54, 1.807) is 0 Å². The maximum atomic E-state index is 5.76. The van der Waals surface area contributed by atoms with Gasteiger partial charge in [0.05, 0.1) is 6.61 Å². The van der Waals surface area contributed by atoms with Gasteiger partial charge >= 0.3 is 0 Å². The van der Waals surface area contributed by atoms with E-state index in [2.05, 4.69) is 50.0 Å². The van der Waals surface area contributed by atoms with Crippen molar-refractivity contribution in [2.45, 2.75) is 34.1 Å². The number of rotatable bonds is 5. The van der Waals surface area contributed by atoms with Crippen molar-refractivity contribution in [3.63, 3.8) is 0 Å². The van der Waals surface area contributed by atoms with Gasteiger partial charge in [-0.25, -0.2) is 4.98 Å². The Morgan fingerprint density at radius 2 is 1.71 bits per heavy atom. The lowest BCUT2D eigenvalue weighted by atomic mass is 10.1. The molecule has 1 aromatic carbocycles. The van der Waals surface area contributed by atoms with Crippen LogP contribution in [0.2, 0.25) is 0 Å². The van der Waals surface area contributed by atoms with Crippen LogP contribution < -0.4 is 4.74 Å². The molecule has 0 atom stereocenters. The SMILES string of the molecule is CCCOc1ccc(C)nc1C=Cc1cc(C)cc(C)c1. The van der Waals surface area contributed by atoms with Crippen LogP contribution >= 0.6 is 0 Å². The number of pyridine rings is 1. The maximum Gasteiger partial charge on any atom is 0.144 e. The number of hydrogen-bond acceptors (Lipinski definition) is 2. The number of nitrogens with zero attached hydrogens (tertiary/aromatic N) is 1. The van der Waals surface area contributed by atoms with Crippen molar-refractivity contribution in [1.29, 1.82) is 0 Å². The number of aryl methyl sites for hydroxylation is 3. The second-order valence-electron chi connectivity index (χ2n) is 5.44. The van der Waals surface area contributed by atoms with E-state index in [9.17, 15) is 0 Å². The topological polar surface area (TPSA) is 22.1 Å². The molecule has 0 radical (unpaired) electrons. The number of benzene rings is 1. The molecule has 2 nitrogen and oxygen atoms in total. The molecule has 0 amide bonds. The molecular formula is C19H23NO. The molecule has 0 saturated heterocycles. The highest BCUT2D eigenvalue weighted by Gasteiger charge is 2.03. The predicted molar refractivity (Wildman–Crippen MR) is 89.6 cm³/mol. The van der Waals surface area contributed by atoms with Crippen LogP contribution in [0.25, 0.3) is 12.2 Å². The zero-order chi connectivity index (χ0) is 15.2. The normalized spacial score (nSPS) is 11.0. The fourth-order valence-corrected chi connectivity index (χ4v) is 2.30. The molecule has 1 aromatic heterocycles. The molecule has 2 heteroatoms. The summed E-state index contributed by atoms with van der Waals surface area (Å²) in [6, 6.07) is 10.5. The number of ether oxygens (including phenoxy) is 1. The molecule has 0 aliphatic heterocycles. The van der Waals surface area contributed by atoms with Crippen LogP contribution in [0.4, 0.5) is 0 Å². The first-order chi connectivity index (χ1) is 10.1. The van der Waals surface area contributed by atoms with Crippen molar-refractivity contribution in [2.75, 3.05) is 6.61 Å². The van der Waals surface area contributed by atoms with Crippen molar-refractivity contribution in [1.82, 2.24) is 4.98 Å². The minimum absolute atomic E-state index is 0.717. The molecule has 1 heterocycles. The molecule has 110 valence electrons. The molecule has 0 unspecified atom stereocenters. The Morgan fingerprint density at radius 3 is 2.38 bits per heavy atom. The van der Waals surface area contributed by atoms with Crippen LogP contribution in [-0.2, 0) is 0 Å². The van der Waals surface area contributed by atoms with E-state index >= 15 is 0 Å². The summed E-state index contributed by atoms with van der Waals surface area (Å²) in [4.78, 5) is 4.57. The summed E-state index contributed by atoms with van der Waals surface area (Å²) < 4.78 is 5.76.